The molecule has 3 rings (SSSR count). The summed E-state index contributed by atoms with van der Waals surface area (Å²) < 4.78 is 0. The lowest BCUT2D eigenvalue weighted by Crippen LogP contribution is -2.33. The largest absolute Gasteiger partial charge is 0.370 e. The minimum atomic E-state index is -0.115. The Labute approximate surface area is 136 Å². The molecule has 1 amide bonds. The SMILES string of the molecule is CC1CCN(c2cncc(C(=O)NCc3ccccn3)c2)CC1. The van der Waals surface area contributed by atoms with Crippen LogP contribution < -0.4 is 10.2 Å². The van der Waals surface area contributed by atoms with Gasteiger partial charge in [0, 0.05) is 25.5 Å². The van der Waals surface area contributed by atoms with E-state index in [2.05, 4.69) is 27.1 Å². The van der Waals surface area contributed by atoms with Gasteiger partial charge >= 0.3 is 0 Å². The second kappa shape index (κ2) is 7.22. The van der Waals surface area contributed by atoms with Crippen LogP contribution in [-0.2, 0) is 6.54 Å². The van der Waals surface area contributed by atoms with Gasteiger partial charge in [0.15, 0.2) is 0 Å². The smallest absolute Gasteiger partial charge is 0.253 e. The summed E-state index contributed by atoms with van der Waals surface area (Å²) >= 11 is 0. The summed E-state index contributed by atoms with van der Waals surface area (Å²) in [5, 5.41) is 2.89. The molecular formula is C18H22N4O. The topological polar surface area (TPSA) is 58.1 Å². The van der Waals surface area contributed by atoms with Crippen molar-refractivity contribution in [3.05, 3.63) is 54.1 Å². The van der Waals surface area contributed by atoms with Crippen LogP contribution in [0.3, 0.4) is 0 Å². The van der Waals surface area contributed by atoms with Crippen molar-refractivity contribution in [2.75, 3.05) is 18.0 Å². The number of carbonyl (C=O) groups excluding carboxylic acids is 1. The van der Waals surface area contributed by atoms with Gasteiger partial charge in [-0.1, -0.05) is 13.0 Å². The van der Waals surface area contributed by atoms with E-state index in [4.69, 9.17) is 0 Å². The Morgan fingerprint density at radius 3 is 2.87 bits per heavy atom. The summed E-state index contributed by atoms with van der Waals surface area (Å²) in [6.07, 6.45) is 7.56. The first kappa shape index (κ1) is 15.5. The second-order valence-electron chi connectivity index (χ2n) is 6.11. The van der Waals surface area contributed by atoms with Gasteiger partial charge < -0.3 is 10.2 Å². The Balaban J connectivity index is 1.63. The first-order valence-electron chi connectivity index (χ1n) is 8.10. The fraction of sp³-hybridized carbons (Fsp3) is 0.389. The van der Waals surface area contributed by atoms with Gasteiger partial charge in [0.05, 0.1) is 29.7 Å². The summed E-state index contributed by atoms with van der Waals surface area (Å²) in [5.74, 6) is 0.666. The summed E-state index contributed by atoms with van der Waals surface area (Å²) in [7, 11) is 0. The number of hydrogen-bond donors (Lipinski definition) is 1. The predicted octanol–water partition coefficient (Wildman–Crippen LogP) is 2.64. The number of nitrogens with zero attached hydrogens (tertiary/aromatic N) is 3. The number of amides is 1. The molecule has 23 heavy (non-hydrogen) atoms. The third-order valence-corrected chi connectivity index (χ3v) is 4.29. The summed E-state index contributed by atoms with van der Waals surface area (Å²) in [5.41, 5.74) is 2.47. The van der Waals surface area contributed by atoms with Crippen molar-refractivity contribution in [1.82, 2.24) is 15.3 Å². The zero-order chi connectivity index (χ0) is 16.1. The molecule has 0 spiro atoms. The summed E-state index contributed by atoms with van der Waals surface area (Å²) in [4.78, 5) is 23.1. The average Bonchev–Trinajstić information content (AvgIpc) is 2.61. The average molecular weight is 310 g/mol. The van der Waals surface area contributed by atoms with E-state index in [1.165, 1.54) is 12.8 Å². The molecule has 1 N–H and O–H groups in total. The molecule has 1 saturated heterocycles. The van der Waals surface area contributed by atoms with Crippen LogP contribution in [0, 0.1) is 5.92 Å². The van der Waals surface area contributed by atoms with Crippen LogP contribution in [0.15, 0.2) is 42.9 Å². The van der Waals surface area contributed by atoms with Crippen molar-refractivity contribution in [3.63, 3.8) is 0 Å². The first-order chi connectivity index (χ1) is 11.2. The van der Waals surface area contributed by atoms with Crippen molar-refractivity contribution in [2.24, 2.45) is 5.92 Å². The highest BCUT2D eigenvalue weighted by Crippen LogP contribution is 2.22. The van der Waals surface area contributed by atoms with Crippen molar-refractivity contribution in [2.45, 2.75) is 26.3 Å². The van der Waals surface area contributed by atoms with Crippen LogP contribution in [0.2, 0.25) is 0 Å². The Hall–Kier alpha value is -2.43. The standard InChI is InChI=1S/C18H22N4O/c1-14-5-8-22(9-6-14)17-10-15(11-19-13-17)18(23)21-12-16-4-2-3-7-20-16/h2-4,7,10-11,13-14H,5-6,8-9,12H2,1H3,(H,21,23). The Bertz CT molecular complexity index is 651. The number of pyridine rings is 2. The Kier molecular flexibility index (Phi) is 4.86. The van der Waals surface area contributed by atoms with Crippen molar-refractivity contribution < 1.29 is 4.79 Å². The molecule has 0 aliphatic carbocycles. The molecule has 1 fully saturated rings. The maximum Gasteiger partial charge on any atom is 0.253 e. The fourth-order valence-corrected chi connectivity index (χ4v) is 2.77. The van der Waals surface area contributed by atoms with Gasteiger partial charge in [-0.25, -0.2) is 0 Å². The molecule has 1 aliphatic rings. The van der Waals surface area contributed by atoms with E-state index in [1.807, 2.05) is 30.5 Å². The maximum absolute atomic E-state index is 12.3. The molecule has 0 saturated carbocycles. The number of aromatic nitrogens is 2. The molecule has 1 aliphatic heterocycles. The van der Waals surface area contributed by atoms with Crippen LogP contribution in [-0.4, -0.2) is 29.0 Å². The van der Waals surface area contributed by atoms with Crippen LogP contribution in [0.1, 0.15) is 35.8 Å². The van der Waals surface area contributed by atoms with Crippen LogP contribution in [0.25, 0.3) is 0 Å². The third kappa shape index (κ3) is 4.06. The molecule has 0 unspecified atom stereocenters. The molecule has 2 aromatic heterocycles. The van der Waals surface area contributed by atoms with Gasteiger partial charge in [-0.2, -0.15) is 0 Å². The van der Waals surface area contributed by atoms with Crippen LogP contribution >= 0.6 is 0 Å². The zero-order valence-electron chi connectivity index (χ0n) is 13.4. The van der Waals surface area contributed by atoms with E-state index in [9.17, 15) is 4.79 Å². The summed E-state index contributed by atoms with van der Waals surface area (Å²) in [6.45, 7) is 4.77. The highest BCUT2D eigenvalue weighted by Gasteiger charge is 2.17. The van der Waals surface area contributed by atoms with Crippen LogP contribution in [0.5, 0.6) is 0 Å². The van der Waals surface area contributed by atoms with Gasteiger partial charge in [-0.05, 0) is 37.0 Å². The lowest BCUT2D eigenvalue weighted by Gasteiger charge is -2.32. The Morgan fingerprint density at radius 1 is 1.30 bits per heavy atom. The predicted molar refractivity (Wildman–Crippen MR) is 90.3 cm³/mol. The van der Waals surface area contributed by atoms with E-state index in [0.29, 0.717) is 12.1 Å². The number of anilines is 1. The number of nitrogens with one attached hydrogen (secondary N) is 1. The van der Waals surface area contributed by atoms with E-state index in [0.717, 1.165) is 30.4 Å². The highest BCUT2D eigenvalue weighted by molar-refractivity contribution is 5.94. The fourth-order valence-electron chi connectivity index (χ4n) is 2.77. The molecule has 5 nitrogen and oxygen atoms in total. The maximum atomic E-state index is 12.3. The monoisotopic (exact) mass is 310 g/mol. The highest BCUT2D eigenvalue weighted by atomic mass is 16.1. The first-order valence-corrected chi connectivity index (χ1v) is 8.10. The zero-order valence-corrected chi connectivity index (χ0v) is 13.4. The normalized spacial score (nSPS) is 15.4. The van der Waals surface area contributed by atoms with Crippen molar-refractivity contribution in [1.29, 1.82) is 0 Å². The molecule has 0 aromatic carbocycles. The van der Waals surface area contributed by atoms with Gasteiger partial charge in [0.1, 0.15) is 0 Å². The van der Waals surface area contributed by atoms with Gasteiger partial charge in [0.2, 0.25) is 0 Å². The number of carbonyl (C=O) groups is 1. The van der Waals surface area contributed by atoms with Gasteiger partial charge in [-0.3, -0.25) is 14.8 Å². The van der Waals surface area contributed by atoms with Crippen molar-refractivity contribution in [3.8, 4) is 0 Å². The van der Waals surface area contributed by atoms with Gasteiger partial charge in [0.25, 0.3) is 5.91 Å². The number of piperidine rings is 1. The minimum absolute atomic E-state index is 0.115. The molecule has 0 atom stereocenters. The van der Waals surface area contributed by atoms with E-state index >= 15 is 0 Å². The van der Waals surface area contributed by atoms with Gasteiger partial charge in [-0.15, -0.1) is 0 Å². The summed E-state index contributed by atoms with van der Waals surface area (Å²) in [6, 6.07) is 7.59. The van der Waals surface area contributed by atoms with E-state index < -0.39 is 0 Å². The number of rotatable bonds is 4. The van der Waals surface area contributed by atoms with Crippen molar-refractivity contribution >= 4 is 11.6 Å². The third-order valence-electron chi connectivity index (χ3n) is 4.29. The molecule has 120 valence electrons. The molecule has 2 aromatic rings. The minimum Gasteiger partial charge on any atom is -0.370 e. The second-order valence-corrected chi connectivity index (χ2v) is 6.11. The van der Waals surface area contributed by atoms with E-state index in [-0.39, 0.29) is 5.91 Å². The molecule has 0 radical (unpaired) electrons. The van der Waals surface area contributed by atoms with E-state index in [1.54, 1.807) is 12.4 Å². The lowest BCUT2D eigenvalue weighted by molar-refractivity contribution is 0.0950. The molecule has 0 bridgehead atoms. The lowest BCUT2D eigenvalue weighted by atomic mass is 9.99. The van der Waals surface area contributed by atoms with Crippen LogP contribution in [0.4, 0.5) is 5.69 Å². The number of hydrogen-bond acceptors (Lipinski definition) is 4. The molecule has 5 heteroatoms. The quantitative estimate of drug-likeness (QED) is 0.943. The Morgan fingerprint density at radius 2 is 2.13 bits per heavy atom. The molecular weight excluding hydrogens is 288 g/mol. The molecule has 3 heterocycles.